The fraction of sp³-hybridized carbons (Fsp3) is 0.833. The third-order valence-corrected chi connectivity index (χ3v) is 1.55. The average Bonchev–Trinajstić information content (AvgIpc) is 1.89. The molecule has 0 bridgehead atoms. The van der Waals surface area contributed by atoms with E-state index >= 15 is 0 Å². The maximum Gasteiger partial charge on any atom is 0.0568 e. The maximum absolute atomic E-state index is 8.64. The molecule has 0 radical (unpaired) electrons. The molecule has 2 N–H and O–H groups in total. The highest BCUT2D eigenvalue weighted by molar-refractivity contribution is 5.84. The fourth-order valence-corrected chi connectivity index (χ4v) is 0.875. The van der Waals surface area contributed by atoms with Crippen LogP contribution in [-0.2, 0) is 4.74 Å². The molecule has 1 atom stereocenters. The van der Waals surface area contributed by atoms with Crippen molar-refractivity contribution in [3.8, 4) is 0 Å². The van der Waals surface area contributed by atoms with Gasteiger partial charge in [0.15, 0.2) is 0 Å². The van der Waals surface area contributed by atoms with Crippen LogP contribution in [0.3, 0.4) is 0 Å². The summed E-state index contributed by atoms with van der Waals surface area (Å²) < 4.78 is 5.04. The highest BCUT2D eigenvalue weighted by atomic mass is 16.5. The zero-order valence-corrected chi connectivity index (χ0v) is 5.26. The van der Waals surface area contributed by atoms with E-state index in [1.54, 1.807) is 0 Å². The van der Waals surface area contributed by atoms with Crippen molar-refractivity contribution in [3.63, 3.8) is 0 Å². The Balaban J connectivity index is 2.39. The number of hydrogen-bond donors (Lipinski definition) is 2. The molecule has 0 aromatic rings. The van der Waals surface area contributed by atoms with E-state index in [-0.39, 0.29) is 12.5 Å². The van der Waals surface area contributed by atoms with E-state index < -0.39 is 0 Å². The number of nitrogens with one attached hydrogen (secondary N) is 1. The first-order valence-electron chi connectivity index (χ1n) is 3.10. The molecule has 52 valence electrons. The Bertz CT molecular complexity index is 114. The van der Waals surface area contributed by atoms with Gasteiger partial charge in [-0.25, -0.2) is 0 Å². The van der Waals surface area contributed by atoms with Gasteiger partial charge in [-0.05, 0) is 0 Å². The lowest BCUT2D eigenvalue weighted by molar-refractivity contribution is 0.0823. The van der Waals surface area contributed by atoms with Crippen LogP contribution in [0.1, 0.15) is 6.42 Å². The first-order chi connectivity index (χ1) is 4.34. The van der Waals surface area contributed by atoms with Crippen LogP contribution in [0.4, 0.5) is 0 Å². The molecule has 0 saturated carbocycles. The van der Waals surface area contributed by atoms with Crippen molar-refractivity contribution in [2.45, 2.75) is 6.42 Å². The molecule has 1 rings (SSSR count). The average molecular weight is 129 g/mol. The van der Waals surface area contributed by atoms with E-state index in [4.69, 9.17) is 15.3 Å². The van der Waals surface area contributed by atoms with Crippen molar-refractivity contribution >= 4 is 5.71 Å². The number of rotatable bonds is 1. The molecule has 1 aliphatic heterocycles. The van der Waals surface area contributed by atoms with Gasteiger partial charge in [0.05, 0.1) is 19.8 Å². The Morgan fingerprint density at radius 1 is 1.78 bits per heavy atom. The van der Waals surface area contributed by atoms with Crippen molar-refractivity contribution in [2.75, 3.05) is 19.8 Å². The van der Waals surface area contributed by atoms with Gasteiger partial charge in [0.25, 0.3) is 0 Å². The summed E-state index contributed by atoms with van der Waals surface area (Å²) >= 11 is 0. The molecule has 1 fully saturated rings. The summed E-state index contributed by atoms with van der Waals surface area (Å²) in [6.07, 6.45) is 0.686. The second-order valence-electron chi connectivity index (χ2n) is 2.23. The predicted octanol–water partition coefficient (Wildman–Crippen LogP) is 0.0350. The molecule has 0 unspecified atom stereocenters. The van der Waals surface area contributed by atoms with Gasteiger partial charge in [-0.2, -0.15) is 0 Å². The zero-order valence-electron chi connectivity index (χ0n) is 5.26. The molecular formula is C6H11NO2. The van der Waals surface area contributed by atoms with E-state index in [0.29, 0.717) is 25.3 Å². The van der Waals surface area contributed by atoms with Crippen molar-refractivity contribution in [3.05, 3.63) is 0 Å². The zero-order chi connectivity index (χ0) is 6.69. The van der Waals surface area contributed by atoms with E-state index in [1.807, 2.05) is 0 Å². The molecule has 1 heterocycles. The first-order valence-corrected chi connectivity index (χ1v) is 3.10. The summed E-state index contributed by atoms with van der Waals surface area (Å²) in [7, 11) is 0. The van der Waals surface area contributed by atoms with Crippen LogP contribution in [0, 0.1) is 11.3 Å². The van der Waals surface area contributed by atoms with Crippen molar-refractivity contribution in [1.29, 1.82) is 5.41 Å². The lowest BCUT2D eigenvalue weighted by atomic mass is 10.0. The molecule has 1 aliphatic rings. The predicted molar refractivity (Wildman–Crippen MR) is 33.7 cm³/mol. The molecule has 3 heteroatoms. The Kier molecular flexibility index (Phi) is 2.19. The molecule has 1 saturated heterocycles. The third-order valence-electron chi connectivity index (χ3n) is 1.55. The lowest BCUT2D eigenvalue weighted by Gasteiger charge is -2.20. The van der Waals surface area contributed by atoms with Crippen LogP contribution in [0.5, 0.6) is 0 Å². The minimum absolute atomic E-state index is 0.0289. The van der Waals surface area contributed by atoms with Gasteiger partial charge in [0.2, 0.25) is 0 Å². The Hall–Kier alpha value is -0.410. The number of hydrogen-bond acceptors (Lipinski definition) is 3. The fourth-order valence-electron chi connectivity index (χ4n) is 0.875. The summed E-state index contributed by atoms with van der Waals surface area (Å²) in [4.78, 5) is 0. The molecule has 0 amide bonds. The van der Waals surface area contributed by atoms with Crippen LogP contribution in [0.2, 0.25) is 0 Å². The van der Waals surface area contributed by atoms with Crippen LogP contribution in [0.15, 0.2) is 0 Å². The van der Waals surface area contributed by atoms with E-state index in [1.165, 1.54) is 0 Å². The number of ether oxygens (including phenoxy) is 1. The highest BCUT2D eigenvalue weighted by Gasteiger charge is 2.17. The van der Waals surface area contributed by atoms with Gasteiger partial charge in [0, 0.05) is 18.1 Å². The molecule has 0 aromatic carbocycles. The van der Waals surface area contributed by atoms with Crippen molar-refractivity contribution < 1.29 is 9.84 Å². The van der Waals surface area contributed by atoms with Gasteiger partial charge < -0.3 is 15.3 Å². The first kappa shape index (κ1) is 6.71. The van der Waals surface area contributed by atoms with Crippen LogP contribution < -0.4 is 0 Å². The highest BCUT2D eigenvalue weighted by Crippen LogP contribution is 2.08. The molecule has 0 aromatic heterocycles. The second kappa shape index (κ2) is 2.94. The summed E-state index contributed by atoms with van der Waals surface area (Å²) in [6, 6.07) is 0. The van der Waals surface area contributed by atoms with Gasteiger partial charge in [-0.15, -0.1) is 0 Å². The topological polar surface area (TPSA) is 53.3 Å². The SMILES string of the molecule is N=C1CCOC[C@H]1CO. The van der Waals surface area contributed by atoms with Crippen LogP contribution in [-0.4, -0.2) is 30.6 Å². The molecule has 3 nitrogen and oxygen atoms in total. The Morgan fingerprint density at radius 3 is 3.00 bits per heavy atom. The van der Waals surface area contributed by atoms with Crippen LogP contribution in [0.25, 0.3) is 0 Å². The minimum atomic E-state index is -0.0289. The molecule has 0 spiro atoms. The summed E-state index contributed by atoms with van der Waals surface area (Å²) in [5, 5.41) is 15.9. The molecular weight excluding hydrogens is 118 g/mol. The van der Waals surface area contributed by atoms with Gasteiger partial charge >= 0.3 is 0 Å². The molecule has 9 heavy (non-hydrogen) atoms. The Labute approximate surface area is 54.2 Å². The smallest absolute Gasteiger partial charge is 0.0568 e. The monoisotopic (exact) mass is 129 g/mol. The summed E-state index contributed by atoms with van der Waals surface area (Å²) in [6.45, 7) is 1.23. The Morgan fingerprint density at radius 2 is 2.56 bits per heavy atom. The normalized spacial score (nSPS) is 28.6. The van der Waals surface area contributed by atoms with E-state index in [2.05, 4.69) is 0 Å². The van der Waals surface area contributed by atoms with Gasteiger partial charge in [0.1, 0.15) is 0 Å². The van der Waals surface area contributed by atoms with Gasteiger partial charge in [-0.1, -0.05) is 0 Å². The summed E-state index contributed by atoms with van der Waals surface area (Å²) in [5.41, 5.74) is 0.628. The van der Waals surface area contributed by atoms with E-state index in [9.17, 15) is 0 Å². The van der Waals surface area contributed by atoms with Gasteiger partial charge in [-0.3, -0.25) is 0 Å². The van der Waals surface area contributed by atoms with Crippen molar-refractivity contribution in [2.24, 2.45) is 5.92 Å². The lowest BCUT2D eigenvalue weighted by Crippen LogP contribution is -2.29. The number of aliphatic hydroxyl groups is 1. The quantitative estimate of drug-likeness (QED) is 0.525. The number of aliphatic hydroxyl groups excluding tert-OH is 1. The van der Waals surface area contributed by atoms with Crippen molar-refractivity contribution in [1.82, 2.24) is 0 Å². The maximum atomic E-state index is 8.64. The molecule has 0 aliphatic carbocycles. The van der Waals surface area contributed by atoms with Crippen LogP contribution >= 0.6 is 0 Å². The van der Waals surface area contributed by atoms with E-state index in [0.717, 1.165) is 0 Å². The standard InChI is InChI=1S/C6H11NO2/c7-6-1-2-9-4-5(6)3-8/h5,7-8H,1-4H2/t5-/m1/s1. The third kappa shape index (κ3) is 1.50. The largest absolute Gasteiger partial charge is 0.396 e. The second-order valence-corrected chi connectivity index (χ2v) is 2.23. The summed E-state index contributed by atoms with van der Waals surface area (Å²) in [5.74, 6) is -0.0289. The minimum Gasteiger partial charge on any atom is -0.396 e.